The highest BCUT2D eigenvalue weighted by Crippen LogP contribution is 2.33. The van der Waals surface area contributed by atoms with Crippen molar-refractivity contribution >= 4 is 11.3 Å². The molecule has 0 saturated heterocycles. The monoisotopic (exact) mass is 236 g/mol. The zero-order valence-corrected chi connectivity index (χ0v) is 10.6. The molecule has 0 bridgehead atoms. The Labute approximate surface area is 101 Å². The van der Waals surface area contributed by atoms with Gasteiger partial charge in [-0.05, 0) is 44.6 Å². The first-order valence-corrected chi connectivity index (χ1v) is 7.41. The molecule has 0 aliphatic heterocycles. The van der Waals surface area contributed by atoms with Crippen molar-refractivity contribution in [2.24, 2.45) is 5.92 Å². The summed E-state index contributed by atoms with van der Waals surface area (Å²) < 4.78 is 0. The number of hydrogen-bond acceptors (Lipinski definition) is 3. The molecule has 0 amide bonds. The first-order valence-electron chi connectivity index (χ1n) is 6.60. The maximum absolute atomic E-state index is 4.69. The van der Waals surface area contributed by atoms with Gasteiger partial charge in [-0.2, -0.15) is 0 Å². The topological polar surface area (TPSA) is 24.9 Å². The first-order chi connectivity index (χ1) is 7.92. The molecule has 88 valence electrons. The Bertz CT molecular complexity index is 333. The molecule has 3 heteroatoms. The summed E-state index contributed by atoms with van der Waals surface area (Å²) in [4.78, 5) is 6.24. The predicted molar refractivity (Wildman–Crippen MR) is 67.8 cm³/mol. The maximum atomic E-state index is 4.69. The van der Waals surface area contributed by atoms with Crippen molar-refractivity contribution in [2.75, 3.05) is 6.54 Å². The molecule has 1 fully saturated rings. The molecule has 3 rings (SSSR count). The first kappa shape index (κ1) is 10.7. The summed E-state index contributed by atoms with van der Waals surface area (Å²) in [5.41, 5.74) is 1.39. The van der Waals surface area contributed by atoms with Crippen LogP contribution in [0.3, 0.4) is 0 Å². The Morgan fingerprint density at radius 3 is 3.06 bits per heavy atom. The quantitative estimate of drug-likeness (QED) is 0.768. The number of thiazole rings is 1. The molecule has 1 aromatic heterocycles. The van der Waals surface area contributed by atoms with E-state index in [-0.39, 0.29) is 0 Å². The molecule has 0 aromatic carbocycles. The largest absolute Gasteiger partial charge is 0.310 e. The van der Waals surface area contributed by atoms with E-state index in [1.807, 2.05) is 11.3 Å². The highest BCUT2D eigenvalue weighted by molar-refractivity contribution is 7.11. The lowest BCUT2D eigenvalue weighted by molar-refractivity contribution is 0.592. The van der Waals surface area contributed by atoms with Gasteiger partial charge in [-0.25, -0.2) is 4.98 Å². The fourth-order valence-corrected chi connectivity index (χ4v) is 3.56. The summed E-state index contributed by atoms with van der Waals surface area (Å²) >= 11 is 1.93. The number of aromatic nitrogens is 1. The second-order valence-corrected chi connectivity index (χ2v) is 6.26. The van der Waals surface area contributed by atoms with Gasteiger partial charge in [-0.3, -0.25) is 0 Å². The van der Waals surface area contributed by atoms with E-state index in [0.29, 0.717) is 0 Å². The number of fused-ring (bicyclic) bond motifs is 1. The third-order valence-electron chi connectivity index (χ3n) is 3.58. The van der Waals surface area contributed by atoms with Gasteiger partial charge < -0.3 is 5.32 Å². The Balaban J connectivity index is 1.37. The second kappa shape index (κ2) is 4.84. The fraction of sp³-hybridized carbons (Fsp3) is 0.769. The molecule has 0 radical (unpaired) electrons. The second-order valence-electron chi connectivity index (χ2n) is 5.09. The molecule has 1 heterocycles. The number of aryl methyl sites for hydroxylation is 2. The third-order valence-corrected chi connectivity index (χ3v) is 4.74. The van der Waals surface area contributed by atoms with E-state index in [2.05, 4.69) is 5.32 Å². The minimum Gasteiger partial charge on any atom is -0.310 e. The van der Waals surface area contributed by atoms with E-state index in [4.69, 9.17) is 4.98 Å². The van der Waals surface area contributed by atoms with Crippen molar-refractivity contribution in [1.29, 1.82) is 0 Å². The summed E-state index contributed by atoms with van der Waals surface area (Å²) in [6.45, 7) is 2.16. The number of nitrogens with zero attached hydrogens (tertiary/aromatic N) is 1. The molecule has 2 aliphatic rings. The zero-order chi connectivity index (χ0) is 10.8. The standard InChI is InChI=1S/C13H20N2S/c1-4-11-12(5-1)16-13(15-11)9-14-8-2-3-10-6-7-10/h10,14H,1-9H2. The van der Waals surface area contributed by atoms with Crippen LogP contribution in [-0.2, 0) is 19.4 Å². The lowest BCUT2D eigenvalue weighted by atomic mass is 10.2. The van der Waals surface area contributed by atoms with Crippen LogP contribution in [-0.4, -0.2) is 11.5 Å². The lowest BCUT2D eigenvalue weighted by Gasteiger charge is -2.01. The van der Waals surface area contributed by atoms with Gasteiger partial charge in [-0.15, -0.1) is 11.3 Å². The van der Waals surface area contributed by atoms with Crippen LogP contribution in [0.1, 0.15) is 47.7 Å². The smallest absolute Gasteiger partial charge is 0.107 e. The molecule has 2 nitrogen and oxygen atoms in total. The van der Waals surface area contributed by atoms with E-state index >= 15 is 0 Å². The van der Waals surface area contributed by atoms with Crippen molar-refractivity contribution in [2.45, 2.75) is 51.5 Å². The Morgan fingerprint density at radius 2 is 2.25 bits per heavy atom. The van der Waals surface area contributed by atoms with Crippen LogP contribution in [0.2, 0.25) is 0 Å². The Kier molecular flexibility index (Phi) is 3.25. The van der Waals surface area contributed by atoms with E-state index in [1.54, 1.807) is 4.88 Å². The van der Waals surface area contributed by atoms with Crippen molar-refractivity contribution in [3.8, 4) is 0 Å². The average molecular weight is 236 g/mol. The maximum Gasteiger partial charge on any atom is 0.107 e. The fourth-order valence-electron chi connectivity index (χ4n) is 2.44. The highest BCUT2D eigenvalue weighted by atomic mass is 32.1. The number of nitrogens with one attached hydrogen (secondary N) is 1. The van der Waals surface area contributed by atoms with Crippen LogP contribution in [0.25, 0.3) is 0 Å². The van der Waals surface area contributed by atoms with E-state index < -0.39 is 0 Å². The third kappa shape index (κ3) is 2.64. The summed E-state index contributed by atoms with van der Waals surface area (Å²) in [6, 6.07) is 0. The normalized spacial score (nSPS) is 19.0. The van der Waals surface area contributed by atoms with Crippen molar-refractivity contribution in [3.63, 3.8) is 0 Å². The van der Waals surface area contributed by atoms with E-state index in [9.17, 15) is 0 Å². The molecule has 1 aromatic rings. The predicted octanol–water partition coefficient (Wildman–Crippen LogP) is 2.91. The van der Waals surface area contributed by atoms with Crippen molar-refractivity contribution in [3.05, 3.63) is 15.6 Å². The minimum absolute atomic E-state index is 0.988. The Morgan fingerprint density at radius 1 is 1.31 bits per heavy atom. The van der Waals surface area contributed by atoms with E-state index in [0.717, 1.165) is 12.5 Å². The van der Waals surface area contributed by atoms with E-state index in [1.165, 1.54) is 62.2 Å². The SMILES string of the molecule is C1Cc2nc(CNCCCC3CC3)sc2C1. The molecule has 0 unspecified atom stereocenters. The van der Waals surface area contributed by atoms with Gasteiger partial charge in [0.05, 0.1) is 5.69 Å². The molecule has 0 atom stereocenters. The van der Waals surface area contributed by atoms with Crippen LogP contribution < -0.4 is 5.32 Å². The van der Waals surface area contributed by atoms with Crippen molar-refractivity contribution < 1.29 is 0 Å². The number of hydrogen-bond donors (Lipinski definition) is 1. The van der Waals surface area contributed by atoms with Crippen LogP contribution in [0.5, 0.6) is 0 Å². The minimum atomic E-state index is 0.988. The highest BCUT2D eigenvalue weighted by Gasteiger charge is 2.20. The summed E-state index contributed by atoms with van der Waals surface area (Å²) in [7, 11) is 0. The van der Waals surface area contributed by atoms with Gasteiger partial charge >= 0.3 is 0 Å². The van der Waals surface area contributed by atoms with Gasteiger partial charge in [0.15, 0.2) is 0 Å². The summed E-state index contributed by atoms with van der Waals surface area (Å²) in [5, 5.41) is 4.82. The van der Waals surface area contributed by atoms with Gasteiger partial charge in [-0.1, -0.05) is 12.8 Å². The van der Waals surface area contributed by atoms with Gasteiger partial charge in [0, 0.05) is 11.4 Å². The zero-order valence-electron chi connectivity index (χ0n) is 9.80. The molecule has 2 aliphatic carbocycles. The number of rotatable bonds is 6. The summed E-state index contributed by atoms with van der Waals surface area (Å²) in [5.74, 6) is 1.07. The average Bonchev–Trinajstić information content (AvgIpc) is 2.85. The van der Waals surface area contributed by atoms with Gasteiger partial charge in [0.1, 0.15) is 5.01 Å². The van der Waals surface area contributed by atoms with Crippen LogP contribution in [0.15, 0.2) is 0 Å². The van der Waals surface area contributed by atoms with Crippen LogP contribution in [0, 0.1) is 5.92 Å². The van der Waals surface area contributed by atoms with Crippen molar-refractivity contribution in [1.82, 2.24) is 10.3 Å². The molecule has 0 spiro atoms. The van der Waals surface area contributed by atoms with Crippen LogP contribution >= 0.6 is 11.3 Å². The van der Waals surface area contributed by atoms with Gasteiger partial charge in [0.25, 0.3) is 0 Å². The molecule has 1 N–H and O–H groups in total. The molecule has 1 saturated carbocycles. The van der Waals surface area contributed by atoms with Crippen LogP contribution in [0.4, 0.5) is 0 Å². The lowest BCUT2D eigenvalue weighted by Crippen LogP contribution is -2.14. The molecule has 16 heavy (non-hydrogen) atoms. The molecular weight excluding hydrogens is 216 g/mol. The van der Waals surface area contributed by atoms with Gasteiger partial charge in [0.2, 0.25) is 0 Å². The molecular formula is C13H20N2S. The Hall–Kier alpha value is -0.410. The summed E-state index contributed by atoms with van der Waals surface area (Å²) in [6.07, 6.45) is 9.56.